The smallest absolute Gasteiger partial charge is 0.475 e. The van der Waals surface area contributed by atoms with E-state index in [1.807, 2.05) is 19.1 Å². The van der Waals surface area contributed by atoms with Crippen LogP contribution in [0, 0.1) is 0 Å². The average Bonchev–Trinajstić information content (AvgIpc) is 3.23. The standard InChI is InChI=1S/C23H29N3O2.C2HF3O2/c1-17(25-14-11-21(27)12-15-25)23(28)24-20-8-6-18(7-9-20)16-26-13-10-19-4-2-3-5-22(19)26;3-2(4,5)1(6)7/h2-9,17,21,27H,10-16H2,1H3,(H,24,28);(H,6,7). The Bertz CT molecular complexity index is 1010. The maximum absolute atomic E-state index is 12.6. The number of benzene rings is 2. The summed E-state index contributed by atoms with van der Waals surface area (Å²) in [6.45, 7) is 5.42. The maximum atomic E-state index is 12.6. The van der Waals surface area contributed by atoms with Crippen molar-refractivity contribution in [3.63, 3.8) is 0 Å². The molecule has 1 fully saturated rings. The molecule has 1 amide bonds. The maximum Gasteiger partial charge on any atom is 0.490 e. The van der Waals surface area contributed by atoms with Gasteiger partial charge in [-0.25, -0.2) is 4.79 Å². The summed E-state index contributed by atoms with van der Waals surface area (Å²) in [5.74, 6) is -2.75. The third kappa shape index (κ3) is 7.43. The molecule has 3 N–H and O–H groups in total. The largest absolute Gasteiger partial charge is 0.490 e. The topological polar surface area (TPSA) is 93.1 Å². The number of nitrogens with zero attached hydrogens (tertiary/aromatic N) is 2. The number of anilines is 2. The number of carbonyl (C=O) groups excluding carboxylic acids is 1. The van der Waals surface area contributed by atoms with E-state index in [4.69, 9.17) is 9.90 Å². The number of carbonyl (C=O) groups is 2. The second-order valence-electron chi connectivity index (χ2n) is 8.73. The first-order valence-corrected chi connectivity index (χ1v) is 11.5. The van der Waals surface area contributed by atoms with Gasteiger partial charge in [0.2, 0.25) is 5.91 Å². The second kappa shape index (κ2) is 11.5. The van der Waals surface area contributed by atoms with E-state index < -0.39 is 12.1 Å². The number of likely N-dealkylation sites (tertiary alicyclic amines) is 1. The van der Waals surface area contributed by atoms with Crippen LogP contribution < -0.4 is 10.2 Å². The molecule has 2 aliphatic heterocycles. The van der Waals surface area contributed by atoms with E-state index in [1.165, 1.54) is 16.8 Å². The van der Waals surface area contributed by atoms with Gasteiger partial charge < -0.3 is 20.4 Å². The Morgan fingerprint density at radius 1 is 1.06 bits per heavy atom. The molecule has 0 spiro atoms. The molecule has 0 saturated carbocycles. The van der Waals surface area contributed by atoms with Crippen molar-refractivity contribution in [3.8, 4) is 0 Å². The van der Waals surface area contributed by atoms with Gasteiger partial charge in [-0.05, 0) is 55.5 Å². The van der Waals surface area contributed by atoms with Crippen molar-refractivity contribution in [1.82, 2.24) is 4.90 Å². The molecule has 2 aromatic carbocycles. The molecule has 1 unspecified atom stereocenters. The first-order chi connectivity index (χ1) is 16.5. The van der Waals surface area contributed by atoms with E-state index in [-0.39, 0.29) is 18.1 Å². The van der Waals surface area contributed by atoms with Gasteiger partial charge in [0.1, 0.15) is 0 Å². The summed E-state index contributed by atoms with van der Waals surface area (Å²) in [5, 5.41) is 19.8. The number of alkyl halides is 3. The highest BCUT2D eigenvalue weighted by Crippen LogP contribution is 2.29. The van der Waals surface area contributed by atoms with Gasteiger partial charge in [0.05, 0.1) is 12.1 Å². The number of nitrogens with one attached hydrogen (secondary N) is 1. The van der Waals surface area contributed by atoms with Crippen molar-refractivity contribution in [3.05, 3.63) is 59.7 Å². The number of halogens is 3. The number of aliphatic hydroxyl groups is 1. The minimum atomic E-state index is -5.08. The number of carboxylic acid groups (broad SMARTS) is 1. The first kappa shape index (κ1) is 26.5. The predicted octanol–water partition coefficient (Wildman–Crippen LogP) is 3.67. The summed E-state index contributed by atoms with van der Waals surface area (Å²) in [6.07, 6.45) is -2.71. The van der Waals surface area contributed by atoms with E-state index in [0.29, 0.717) is 0 Å². The molecule has 2 heterocycles. The van der Waals surface area contributed by atoms with E-state index in [9.17, 15) is 23.1 Å². The van der Waals surface area contributed by atoms with Crippen molar-refractivity contribution in [1.29, 1.82) is 0 Å². The third-order valence-electron chi connectivity index (χ3n) is 6.25. The number of para-hydroxylation sites is 1. The van der Waals surface area contributed by atoms with Crippen LogP contribution in [0.5, 0.6) is 0 Å². The minimum Gasteiger partial charge on any atom is -0.475 e. The lowest BCUT2D eigenvalue weighted by atomic mass is 10.1. The Morgan fingerprint density at radius 3 is 2.26 bits per heavy atom. The zero-order chi connectivity index (χ0) is 25.6. The number of amides is 1. The molecule has 0 aromatic heterocycles. The highest BCUT2D eigenvalue weighted by Gasteiger charge is 2.38. The van der Waals surface area contributed by atoms with E-state index in [0.717, 1.165) is 51.1 Å². The van der Waals surface area contributed by atoms with E-state index in [1.54, 1.807) is 0 Å². The average molecular weight is 494 g/mol. The number of piperidine rings is 1. The molecule has 4 rings (SSSR count). The van der Waals surface area contributed by atoms with Gasteiger partial charge in [-0.3, -0.25) is 9.69 Å². The molecule has 0 radical (unpaired) electrons. The Kier molecular flexibility index (Phi) is 8.74. The third-order valence-corrected chi connectivity index (χ3v) is 6.25. The first-order valence-electron chi connectivity index (χ1n) is 11.5. The Hall–Kier alpha value is -3.11. The molecule has 0 aliphatic carbocycles. The van der Waals surface area contributed by atoms with Crippen LogP contribution in [-0.4, -0.2) is 64.9 Å². The van der Waals surface area contributed by atoms with Gasteiger partial charge in [-0.1, -0.05) is 30.3 Å². The van der Waals surface area contributed by atoms with E-state index >= 15 is 0 Å². The number of aliphatic hydroxyl groups excluding tert-OH is 1. The molecule has 1 atom stereocenters. The van der Waals surface area contributed by atoms with Gasteiger partial charge in [0.15, 0.2) is 0 Å². The predicted molar refractivity (Wildman–Crippen MR) is 126 cm³/mol. The number of carboxylic acids is 1. The SMILES string of the molecule is CC(C(=O)Nc1ccc(CN2CCc3ccccc32)cc1)N1CCC(O)CC1.O=C(O)C(F)(F)F. The molecule has 1 saturated heterocycles. The fourth-order valence-corrected chi connectivity index (χ4v) is 4.17. The van der Waals surface area contributed by atoms with Gasteiger partial charge in [0.25, 0.3) is 0 Å². The van der Waals surface area contributed by atoms with Crippen molar-refractivity contribution in [2.45, 2.75) is 51.1 Å². The molecular weight excluding hydrogens is 463 g/mol. The lowest BCUT2D eigenvalue weighted by molar-refractivity contribution is -0.192. The molecule has 2 aliphatic rings. The van der Waals surface area contributed by atoms with Crippen LogP contribution in [0.2, 0.25) is 0 Å². The lowest BCUT2D eigenvalue weighted by Gasteiger charge is -2.33. The Balaban J connectivity index is 0.000000429. The number of hydrogen-bond donors (Lipinski definition) is 3. The van der Waals surface area contributed by atoms with E-state index in [2.05, 4.69) is 51.5 Å². The highest BCUT2D eigenvalue weighted by atomic mass is 19.4. The monoisotopic (exact) mass is 493 g/mol. The van der Waals surface area contributed by atoms with Crippen LogP contribution in [0.3, 0.4) is 0 Å². The number of hydrogen-bond acceptors (Lipinski definition) is 5. The number of aliphatic carboxylic acids is 1. The normalized spacial score (nSPS) is 17.2. The number of rotatable bonds is 5. The zero-order valence-corrected chi connectivity index (χ0v) is 19.5. The van der Waals surface area contributed by atoms with Gasteiger partial charge in [-0.15, -0.1) is 0 Å². The fraction of sp³-hybridized carbons (Fsp3) is 0.440. The molecule has 7 nitrogen and oxygen atoms in total. The Labute approximate surface area is 202 Å². The minimum absolute atomic E-state index is 0.0117. The van der Waals surface area contributed by atoms with Crippen LogP contribution in [0.25, 0.3) is 0 Å². The summed E-state index contributed by atoms with van der Waals surface area (Å²) in [5.41, 5.74) is 4.83. The molecular formula is C25H30F3N3O4. The summed E-state index contributed by atoms with van der Waals surface area (Å²) in [6, 6.07) is 16.6. The second-order valence-corrected chi connectivity index (χ2v) is 8.73. The molecule has 10 heteroatoms. The Morgan fingerprint density at radius 2 is 1.66 bits per heavy atom. The fourth-order valence-electron chi connectivity index (χ4n) is 4.17. The summed E-state index contributed by atoms with van der Waals surface area (Å²) in [7, 11) is 0. The zero-order valence-electron chi connectivity index (χ0n) is 19.5. The summed E-state index contributed by atoms with van der Waals surface area (Å²) >= 11 is 0. The molecule has 2 aromatic rings. The van der Waals surface area contributed by atoms with Crippen LogP contribution >= 0.6 is 0 Å². The molecule has 35 heavy (non-hydrogen) atoms. The summed E-state index contributed by atoms with van der Waals surface area (Å²) < 4.78 is 31.7. The lowest BCUT2D eigenvalue weighted by Crippen LogP contribution is -2.47. The van der Waals surface area contributed by atoms with Crippen LogP contribution in [0.4, 0.5) is 24.5 Å². The van der Waals surface area contributed by atoms with Crippen molar-refractivity contribution in [2.24, 2.45) is 0 Å². The van der Waals surface area contributed by atoms with Gasteiger partial charge >= 0.3 is 12.1 Å². The quantitative estimate of drug-likeness (QED) is 0.589. The van der Waals surface area contributed by atoms with Gasteiger partial charge in [-0.2, -0.15) is 13.2 Å². The highest BCUT2D eigenvalue weighted by molar-refractivity contribution is 5.94. The van der Waals surface area contributed by atoms with Crippen LogP contribution in [0.1, 0.15) is 30.9 Å². The van der Waals surface area contributed by atoms with Crippen molar-refractivity contribution < 1.29 is 33.0 Å². The summed E-state index contributed by atoms with van der Waals surface area (Å²) in [4.78, 5) is 26.0. The van der Waals surface area contributed by atoms with Crippen LogP contribution in [-0.2, 0) is 22.6 Å². The number of fused-ring (bicyclic) bond motifs is 1. The van der Waals surface area contributed by atoms with Crippen molar-refractivity contribution >= 4 is 23.3 Å². The molecule has 0 bridgehead atoms. The van der Waals surface area contributed by atoms with Gasteiger partial charge in [0, 0.05) is 37.6 Å². The molecule has 190 valence electrons. The van der Waals surface area contributed by atoms with Crippen LogP contribution in [0.15, 0.2) is 48.5 Å². The van der Waals surface area contributed by atoms with Crippen molar-refractivity contribution in [2.75, 3.05) is 29.9 Å².